The molecule has 0 spiro atoms. The number of hydrogen-bond donors (Lipinski definition) is 2. The van der Waals surface area contributed by atoms with Gasteiger partial charge in [0.05, 0.1) is 11.3 Å². The number of halogens is 6. The van der Waals surface area contributed by atoms with Crippen molar-refractivity contribution in [3.05, 3.63) is 58.6 Å². The highest BCUT2D eigenvalue weighted by molar-refractivity contribution is 5.95. The van der Waals surface area contributed by atoms with E-state index in [9.17, 15) is 36.2 Å². The number of nitrogens with two attached hydrogens (primary N) is 1. The maximum Gasteiger partial charge on any atom is 0.426 e. The Balaban J connectivity index is 1.59. The number of alkyl halides is 6. The molecule has 2 aliphatic rings. The molecule has 1 aliphatic carbocycles. The summed E-state index contributed by atoms with van der Waals surface area (Å²) in [5.41, 5.74) is 0.401. The van der Waals surface area contributed by atoms with Crippen LogP contribution < -0.4 is 5.73 Å². The Morgan fingerprint density at radius 1 is 1.02 bits per heavy atom. The lowest BCUT2D eigenvalue weighted by molar-refractivity contribution is -0.277. The lowest BCUT2D eigenvalue weighted by Crippen LogP contribution is -2.42. The van der Waals surface area contributed by atoms with Gasteiger partial charge >= 0.3 is 12.4 Å². The second-order valence-corrected chi connectivity index (χ2v) is 10.1. The van der Waals surface area contributed by atoms with Crippen LogP contribution in [0.2, 0.25) is 0 Å². The molecule has 40 heavy (non-hydrogen) atoms. The van der Waals surface area contributed by atoms with Gasteiger partial charge in [0.25, 0.3) is 17.7 Å². The lowest BCUT2D eigenvalue weighted by Gasteiger charge is -2.27. The molecule has 3 aromatic rings. The number of nitrogen functional groups attached to an aromatic ring is 1. The molecule has 1 atom stereocenters. The van der Waals surface area contributed by atoms with E-state index in [1.807, 2.05) is 12.1 Å². The molecule has 1 aliphatic heterocycles. The van der Waals surface area contributed by atoms with E-state index in [0.717, 1.165) is 18.4 Å². The number of benzene rings is 1. The number of rotatable bonds is 3. The smallest absolute Gasteiger partial charge is 0.416 e. The van der Waals surface area contributed by atoms with Gasteiger partial charge in [-0.3, -0.25) is 4.79 Å². The fourth-order valence-corrected chi connectivity index (χ4v) is 4.73. The van der Waals surface area contributed by atoms with E-state index >= 15 is 0 Å². The van der Waals surface area contributed by atoms with E-state index in [4.69, 9.17) is 10.2 Å². The summed E-state index contributed by atoms with van der Waals surface area (Å²) < 4.78 is 88.8. The Hall–Kier alpha value is -3.68. The van der Waals surface area contributed by atoms with Crippen molar-refractivity contribution in [3.8, 4) is 11.6 Å². The van der Waals surface area contributed by atoms with Crippen LogP contribution in [0.4, 0.5) is 32.0 Å². The van der Waals surface area contributed by atoms with Crippen molar-refractivity contribution in [2.24, 2.45) is 0 Å². The summed E-state index contributed by atoms with van der Waals surface area (Å²) in [6.07, 6.45) is -8.73. The molecule has 14 heteroatoms. The Morgan fingerprint density at radius 2 is 1.73 bits per heavy atom. The molecule has 3 N–H and O–H groups in total. The zero-order chi connectivity index (χ0) is 28.9. The van der Waals surface area contributed by atoms with Crippen LogP contribution in [0.5, 0.6) is 0 Å². The molecule has 0 saturated heterocycles. The van der Waals surface area contributed by atoms with E-state index in [1.165, 1.54) is 4.90 Å². The van der Waals surface area contributed by atoms with E-state index in [0.29, 0.717) is 17.5 Å². The number of fused-ring (bicyclic) bond motifs is 5. The van der Waals surface area contributed by atoms with Crippen molar-refractivity contribution in [1.29, 1.82) is 0 Å². The largest absolute Gasteiger partial charge is 0.426 e. The summed E-state index contributed by atoms with van der Waals surface area (Å²) in [6, 6.07) is 7.87. The third kappa shape index (κ3) is 5.36. The monoisotopic (exact) mass is 569 g/mol. The first-order valence-electron chi connectivity index (χ1n) is 12.7. The molecular weight excluding hydrogens is 544 g/mol. The summed E-state index contributed by atoms with van der Waals surface area (Å²) in [6.45, 7) is -0.121. The molecule has 1 saturated carbocycles. The van der Waals surface area contributed by atoms with Crippen molar-refractivity contribution < 1.29 is 40.7 Å². The van der Waals surface area contributed by atoms with Gasteiger partial charge in [-0.05, 0) is 55.2 Å². The predicted molar refractivity (Wildman–Crippen MR) is 129 cm³/mol. The Kier molecular flexibility index (Phi) is 7.01. The number of carbonyl (C=O) groups excluding carboxylic acids is 1. The number of aromatic nitrogens is 3. The van der Waals surface area contributed by atoms with Crippen LogP contribution in [0.3, 0.4) is 0 Å². The van der Waals surface area contributed by atoms with Crippen molar-refractivity contribution >= 4 is 11.6 Å². The molecule has 4 bridgehead atoms. The highest BCUT2D eigenvalue weighted by Crippen LogP contribution is 2.44. The predicted octanol–water partition coefficient (Wildman–Crippen LogP) is 5.58. The van der Waals surface area contributed by atoms with Crippen LogP contribution in [-0.2, 0) is 18.3 Å². The number of nitrogens with zero attached hydrogens (tertiary/aromatic N) is 4. The van der Waals surface area contributed by atoms with Crippen LogP contribution in [0.1, 0.15) is 77.5 Å². The first kappa shape index (κ1) is 27.9. The molecule has 214 valence electrons. The van der Waals surface area contributed by atoms with Crippen molar-refractivity contribution in [2.45, 2.75) is 68.9 Å². The molecule has 1 amide bonds. The van der Waals surface area contributed by atoms with E-state index in [2.05, 4.69) is 15.2 Å². The van der Waals surface area contributed by atoms with Crippen molar-refractivity contribution in [2.75, 3.05) is 12.3 Å². The molecule has 2 aromatic heterocycles. The van der Waals surface area contributed by atoms with Gasteiger partial charge in [-0.25, -0.2) is 4.98 Å². The SMILES string of the molecule is Nc1cc(C(F)(F)F)c2nc1-c1nnc(o1)[C@@](O)(C(F)(F)F)CCCCCN(Cc1ccc(C3CC3)cc1)C2=O. The maximum atomic E-state index is 14.0. The van der Waals surface area contributed by atoms with Gasteiger partial charge in [0, 0.05) is 13.1 Å². The van der Waals surface area contributed by atoms with E-state index in [-0.39, 0.29) is 32.4 Å². The minimum atomic E-state index is -5.19. The van der Waals surface area contributed by atoms with Gasteiger partial charge in [-0.15, -0.1) is 10.2 Å². The average molecular weight is 570 g/mol. The van der Waals surface area contributed by atoms with E-state index < -0.39 is 64.7 Å². The van der Waals surface area contributed by atoms with E-state index in [1.54, 1.807) is 12.1 Å². The summed E-state index contributed by atoms with van der Waals surface area (Å²) in [5, 5.41) is 17.3. The molecule has 0 unspecified atom stereocenters. The summed E-state index contributed by atoms with van der Waals surface area (Å²) >= 11 is 0. The third-order valence-electron chi connectivity index (χ3n) is 7.17. The molecular formula is C26H25F6N5O3. The minimum Gasteiger partial charge on any atom is -0.416 e. The minimum absolute atomic E-state index is 0.0559. The van der Waals surface area contributed by atoms with Crippen LogP contribution in [-0.4, -0.2) is 43.8 Å². The van der Waals surface area contributed by atoms with Gasteiger partial charge in [0.1, 0.15) is 5.69 Å². The van der Waals surface area contributed by atoms with Crippen LogP contribution in [0.25, 0.3) is 11.6 Å². The number of pyridine rings is 1. The quantitative estimate of drug-likeness (QED) is 0.396. The summed E-state index contributed by atoms with van der Waals surface area (Å²) in [7, 11) is 0. The third-order valence-corrected chi connectivity index (χ3v) is 7.17. The van der Waals surface area contributed by atoms with Gasteiger partial charge in [-0.1, -0.05) is 30.7 Å². The summed E-state index contributed by atoms with van der Waals surface area (Å²) in [4.78, 5) is 18.6. The van der Waals surface area contributed by atoms with Crippen molar-refractivity contribution in [3.63, 3.8) is 0 Å². The Labute approximate surface area is 224 Å². The second kappa shape index (κ2) is 10.1. The molecule has 1 fully saturated rings. The Morgan fingerprint density at radius 3 is 2.35 bits per heavy atom. The fourth-order valence-electron chi connectivity index (χ4n) is 4.73. The van der Waals surface area contributed by atoms with Gasteiger partial charge in [0.15, 0.2) is 5.69 Å². The van der Waals surface area contributed by atoms with Crippen LogP contribution >= 0.6 is 0 Å². The number of hydrogen-bond acceptors (Lipinski definition) is 7. The van der Waals surface area contributed by atoms with Gasteiger partial charge in [0.2, 0.25) is 5.60 Å². The number of anilines is 1. The highest BCUT2D eigenvalue weighted by atomic mass is 19.4. The zero-order valence-corrected chi connectivity index (χ0v) is 21.0. The van der Waals surface area contributed by atoms with Gasteiger partial charge < -0.3 is 20.2 Å². The fraction of sp³-hybridized carbons (Fsp3) is 0.462. The summed E-state index contributed by atoms with van der Waals surface area (Å²) in [5.74, 6) is -2.52. The maximum absolute atomic E-state index is 14.0. The Bertz CT molecular complexity index is 1400. The second-order valence-electron chi connectivity index (χ2n) is 10.1. The normalized spacial score (nSPS) is 20.9. The molecule has 8 nitrogen and oxygen atoms in total. The topological polar surface area (TPSA) is 118 Å². The number of aliphatic hydroxyl groups is 1. The lowest BCUT2D eigenvalue weighted by atomic mass is 9.95. The molecule has 1 aromatic carbocycles. The molecule has 0 radical (unpaired) electrons. The van der Waals surface area contributed by atoms with Gasteiger partial charge in [-0.2, -0.15) is 26.3 Å². The zero-order valence-electron chi connectivity index (χ0n) is 21.0. The molecule has 3 heterocycles. The molecule has 5 rings (SSSR count). The first-order valence-corrected chi connectivity index (χ1v) is 12.7. The standard InChI is InChI=1S/C26H25F6N5O3/c27-25(28,29)17-12-18(33)20-21-35-36-23(40-21)24(39,26(30,31)32)10-2-1-3-11-37(22(38)19(17)34-20)13-14-4-6-15(7-5-14)16-8-9-16/h4-7,12,16,39H,1-3,8-11,13,33H2/t24-/m1/s1. The average Bonchev–Trinajstić information content (AvgIpc) is 3.62. The number of carbonyl (C=O) groups is 1. The van der Waals surface area contributed by atoms with Crippen molar-refractivity contribution in [1.82, 2.24) is 20.1 Å². The van der Waals surface area contributed by atoms with Crippen LogP contribution in [0, 0.1) is 0 Å². The highest BCUT2D eigenvalue weighted by Gasteiger charge is 2.58. The number of amides is 1. The first-order chi connectivity index (χ1) is 18.8. The van der Waals surface area contributed by atoms with Crippen LogP contribution in [0.15, 0.2) is 34.7 Å².